The molecular formula is C16H20F3N5O3S2. The molecule has 0 saturated carbocycles. The fourth-order valence-electron chi connectivity index (χ4n) is 2.85. The van der Waals surface area contributed by atoms with Crippen molar-refractivity contribution in [1.82, 2.24) is 19.7 Å². The van der Waals surface area contributed by atoms with Crippen LogP contribution in [0, 0.1) is 0 Å². The second-order valence-corrected chi connectivity index (χ2v) is 9.59. The Kier molecular flexibility index (Phi) is 5.69. The highest BCUT2D eigenvalue weighted by atomic mass is 32.2. The Labute approximate surface area is 173 Å². The number of halogens is 3. The lowest BCUT2D eigenvalue weighted by Crippen LogP contribution is -2.68. The molecule has 1 saturated heterocycles. The van der Waals surface area contributed by atoms with Crippen LogP contribution in [0.5, 0.6) is 0 Å². The van der Waals surface area contributed by atoms with E-state index in [-0.39, 0.29) is 27.9 Å². The largest absolute Gasteiger partial charge is 0.455 e. The number of nitrogens with two attached hydrogens (primary N) is 1. The molecule has 1 fully saturated rings. The molecule has 0 radical (unpaired) electrons. The molecule has 1 aromatic heterocycles. The highest BCUT2D eigenvalue weighted by Crippen LogP contribution is 2.41. The molecule has 13 heteroatoms. The van der Waals surface area contributed by atoms with Crippen molar-refractivity contribution in [3.8, 4) is 0 Å². The predicted molar refractivity (Wildman–Crippen MR) is 101 cm³/mol. The second-order valence-electron chi connectivity index (χ2n) is 7.54. The van der Waals surface area contributed by atoms with Gasteiger partial charge in [0, 0.05) is 18.6 Å². The van der Waals surface area contributed by atoms with Crippen molar-refractivity contribution in [2.24, 2.45) is 12.8 Å². The minimum absolute atomic E-state index is 0.0483. The molecule has 2 atom stereocenters. The highest BCUT2D eigenvalue weighted by Gasteiger charge is 2.52. The van der Waals surface area contributed by atoms with Crippen LogP contribution in [0.1, 0.15) is 26.6 Å². The van der Waals surface area contributed by atoms with E-state index in [4.69, 9.17) is 10.5 Å². The average molecular weight is 451 g/mol. The smallest absolute Gasteiger partial charge is 0.451 e. The third kappa shape index (κ3) is 4.26. The third-order valence-corrected chi connectivity index (χ3v) is 6.61. The van der Waals surface area contributed by atoms with Crippen molar-refractivity contribution in [1.29, 1.82) is 0 Å². The minimum atomic E-state index is -4.62. The first-order valence-corrected chi connectivity index (χ1v) is 10.6. The van der Waals surface area contributed by atoms with Crippen LogP contribution in [0.2, 0.25) is 0 Å². The van der Waals surface area contributed by atoms with Crippen molar-refractivity contribution in [3.63, 3.8) is 0 Å². The fourth-order valence-corrected chi connectivity index (χ4v) is 5.19. The molecule has 3 heterocycles. The fraction of sp³-hybridized carbons (Fsp3) is 0.625. The highest BCUT2D eigenvalue weighted by molar-refractivity contribution is 8.01. The SMILES string of the molecule is Cn1c(SCC2=C(C(=O)OC(C)(C)C)N3C(=O)C(N)[C@H]3SC2)nnc1C(F)(F)F. The molecule has 0 bridgehead atoms. The molecular weight excluding hydrogens is 431 g/mol. The predicted octanol–water partition coefficient (Wildman–Crippen LogP) is 1.76. The summed E-state index contributed by atoms with van der Waals surface area (Å²) in [6.07, 6.45) is -4.62. The maximum absolute atomic E-state index is 12.9. The van der Waals surface area contributed by atoms with Crippen molar-refractivity contribution in [3.05, 3.63) is 17.1 Å². The lowest BCUT2D eigenvalue weighted by Gasteiger charge is -2.48. The van der Waals surface area contributed by atoms with Gasteiger partial charge in [-0.2, -0.15) is 13.2 Å². The van der Waals surface area contributed by atoms with Gasteiger partial charge in [0.25, 0.3) is 0 Å². The Morgan fingerprint density at radius 3 is 2.55 bits per heavy atom. The van der Waals surface area contributed by atoms with Crippen LogP contribution in [-0.4, -0.2) is 60.1 Å². The molecule has 29 heavy (non-hydrogen) atoms. The van der Waals surface area contributed by atoms with Gasteiger partial charge >= 0.3 is 12.1 Å². The van der Waals surface area contributed by atoms with Crippen molar-refractivity contribution in [2.75, 3.05) is 11.5 Å². The first-order chi connectivity index (χ1) is 13.3. The summed E-state index contributed by atoms with van der Waals surface area (Å²) in [5, 5.41) is 6.46. The van der Waals surface area contributed by atoms with E-state index in [2.05, 4.69) is 10.2 Å². The van der Waals surface area contributed by atoms with Gasteiger partial charge in [-0.05, 0) is 26.3 Å². The van der Waals surface area contributed by atoms with Crippen molar-refractivity contribution in [2.45, 2.75) is 49.1 Å². The number of hydrogen-bond donors (Lipinski definition) is 1. The topological polar surface area (TPSA) is 103 Å². The monoisotopic (exact) mass is 451 g/mol. The number of carbonyl (C=O) groups excluding carboxylic acids is 2. The summed E-state index contributed by atoms with van der Waals surface area (Å²) in [4.78, 5) is 26.3. The van der Waals surface area contributed by atoms with Crippen molar-refractivity contribution < 1.29 is 27.5 Å². The Morgan fingerprint density at radius 2 is 2.00 bits per heavy atom. The number of nitrogens with zero attached hydrogens (tertiary/aromatic N) is 4. The van der Waals surface area contributed by atoms with Gasteiger partial charge in [-0.3, -0.25) is 9.69 Å². The van der Waals surface area contributed by atoms with Crippen LogP contribution < -0.4 is 5.73 Å². The Balaban J connectivity index is 1.87. The first kappa shape index (κ1) is 22.0. The molecule has 1 amide bonds. The van der Waals surface area contributed by atoms with Gasteiger partial charge in [0.05, 0.1) is 0 Å². The summed E-state index contributed by atoms with van der Waals surface area (Å²) in [5.74, 6) is -1.61. The van der Waals surface area contributed by atoms with E-state index in [9.17, 15) is 22.8 Å². The average Bonchev–Trinajstić information content (AvgIpc) is 2.97. The zero-order valence-electron chi connectivity index (χ0n) is 16.1. The molecule has 2 N–H and O–H groups in total. The number of ether oxygens (including phenoxy) is 1. The third-order valence-electron chi connectivity index (χ3n) is 4.14. The normalized spacial score (nSPS) is 22.5. The number of hydrogen-bond acceptors (Lipinski definition) is 8. The van der Waals surface area contributed by atoms with Gasteiger partial charge in [0.15, 0.2) is 5.16 Å². The number of esters is 1. The standard InChI is InChI=1S/C16H20F3N5O3S2/c1-15(2,3)27-12(26)9-7(5-28-11-8(20)10(25)24(9)11)6-29-14-22-21-13(23(14)4)16(17,18)19/h8,11H,5-6,20H2,1-4H3/t8?,11-/m1/s1. The van der Waals surface area contributed by atoms with E-state index < -0.39 is 29.6 Å². The lowest BCUT2D eigenvalue weighted by molar-refractivity contribution is -0.158. The van der Waals surface area contributed by atoms with E-state index in [0.717, 1.165) is 16.3 Å². The van der Waals surface area contributed by atoms with Crippen LogP contribution in [0.25, 0.3) is 0 Å². The van der Waals surface area contributed by atoms with E-state index in [1.807, 2.05) is 0 Å². The van der Waals surface area contributed by atoms with E-state index in [0.29, 0.717) is 11.3 Å². The lowest BCUT2D eigenvalue weighted by atomic mass is 10.0. The summed E-state index contributed by atoms with van der Waals surface area (Å²) in [5.41, 5.74) is 5.73. The molecule has 0 aromatic carbocycles. The quantitative estimate of drug-likeness (QED) is 0.420. The zero-order valence-corrected chi connectivity index (χ0v) is 17.7. The molecule has 2 aliphatic heterocycles. The molecule has 1 unspecified atom stereocenters. The van der Waals surface area contributed by atoms with Gasteiger partial charge in [0.2, 0.25) is 11.7 Å². The molecule has 8 nitrogen and oxygen atoms in total. The molecule has 0 aliphatic carbocycles. The van der Waals surface area contributed by atoms with Gasteiger partial charge < -0.3 is 15.0 Å². The summed E-state index contributed by atoms with van der Waals surface area (Å²) >= 11 is 2.40. The molecule has 3 rings (SSSR count). The number of amides is 1. The van der Waals surface area contributed by atoms with Gasteiger partial charge in [-0.1, -0.05) is 11.8 Å². The van der Waals surface area contributed by atoms with Crippen LogP contribution in [0.3, 0.4) is 0 Å². The van der Waals surface area contributed by atoms with Crippen LogP contribution >= 0.6 is 23.5 Å². The zero-order chi connectivity index (χ0) is 21.7. The molecule has 0 spiro atoms. The Morgan fingerprint density at radius 1 is 1.34 bits per heavy atom. The molecule has 1 aromatic rings. The Bertz CT molecular complexity index is 878. The van der Waals surface area contributed by atoms with Gasteiger partial charge in [-0.25, -0.2) is 4.79 Å². The van der Waals surface area contributed by atoms with Gasteiger partial charge in [-0.15, -0.1) is 22.0 Å². The summed E-state index contributed by atoms with van der Waals surface area (Å²) < 4.78 is 45.0. The van der Waals surface area contributed by atoms with E-state index in [1.54, 1.807) is 20.8 Å². The summed E-state index contributed by atoms with van der Waals surface area (Å²) in [6, 6.07) is -0.695. The Hall–Kier alpha value is -1.73. The number of thioether (sulfide) groups is 2. The van der Waals surface area contributed by atoms with Crippen molar-refractivity contribution >= 4 is 35.4 Å². The maximum atomic E-state index is 12.9. The van der Waals surface area contributed by atoms with Crippen LogP contribution in [0.4, 0.5) is 13.2 Å². The van der Waals surface area contributed by atoms with Crippen LogP contribution in [-0.2, 0) is 27.5 Å². The van der Waals surface area contributed by atoms with E-state index >= 15 is 0 Å². The minimum Gasteiger partial charge on any atom is -0.455 e. The number of rotatable bonds is 4. The number of β-lactam (4-membered cyclic amide) rings is 1. The number of alkyl halides is 3. The summed E-state index contributed by atoms with van der Waals surface area (Å²) in [7, 11) is 1.22. The maximum Gasteiger partial charge on any atom is 0.451 e. The first-order valence-electron chi connectivity index (χ1n) is 8.56. The number of carbonyl (C=O) groups is 2. The van der Waals surface area contributed by atoms with E-state index in [1.165, 1.54) is 23.7 Å². The molecule has 160 valence electrons. The molecule has 2 aliphatic rings. The number of fused-ring (bicyclic) bond motifs is 1. The summed E-state index contributed by atoms with van der Waals surface area (Å²) in [6.45, 7) is 5.12. The van der Waals surface area contributed by atoms with Crippen LogP contribution in [0.15, 0.2) is 16.4 Å². The second kappa shape index (κ2) is 7.51. The number of aromatic nitrogens is 3. The van der Waals surface area contributed by atoms with Gasteiger partial charge in [0.1, 0.15) is 22.7 Å².